The first-order valence-electron chi connectivity index (χ1n) is 8.06. The molecule has 0 radical (unpaired) electrons. The zero-order valence-electron chi connectivity index (χ0n) is 13.8. The number of hydrogen-bond acceptors (Lipinski definition) is 3. The van der Waals surface area contributed by atoms with Gasteiger partial charge in [0.1, 0.15) is 5.82 Å². The highest BCUT2D eigenvalue weighted by Gasteiger charge is 2.25. The van der Waals surface area contributed by atoms with Gasteiger partial charge in [-0.15, -0.1) is 0 Å². The first-order valence-corrected chi connectivity index (χ1v) is 8.06. The third kappa shape index (κ3) is 3.88. The largest absolute Gasteiger partial charge is 0.331 e. The predicted molar refractivity (Wildman–Crippen MR) is 89.2 cm³/mol. The number of amides is 2. The van der Waals surface area contributed by atoms with E-state index < -0.39 is 0 Å². The van der Waals surface area contributed by atoms with E-state index in [1.54, 1.807) is 10.9 Å². The van der Waals surface area contributed by atoms with Crippen molar-refractivity contribution in [3.8, 4) is 0 Å². The molecule has 1 atom stereocenters. The lowest BCUT2D eigenvalue weighted by atomic mass is 9.99. The molecular formula is C17H23N5O. The number of hydrogen-bond donors (Lipinski definition) is 2. The summed E-state index contributed by atoms with van der Waals surface area (Å²) in [6.07, 6.45) is 6.10. The van der Waals surface area contributed by atoms with Crippen LogP contribution in [0.2, 0.25) is 0 Å². The second-order valence-corrected chi connectivity index (χ2v) is 6.49. The molecule has 1 unspecified atom stereocenters. The summed E-state index contributed by atoms with van der Waals surface area (Å²) in [6, 6.07) is 5.45. The topological polar surface area (TPSA) is 71.8 Å². The number of nitrogens with zero attached hydrogens (tertiary/aromatic N) is 3. The highest BCUT2D eigenvalue weighted by molar-refractivity contribution is 5.88. The molecule has 23 heavy (non-hydrogen) atoms. The summed E-state index contributed by atoms with van der Waals surface area (Å²) in [7, 11) is 1.87. The van der Waals surface area contributed by atoms with Crippen molar-refractivity contribution in [2.24, 2.45) is 13.0 Å². The van der Waals surface area contributed by atoms with Gasteiger partial charge in [-0.1, -0.05) is 19.9 Å². The highest BCUT2D eigenvalue weighted by atomic mass is 16.2. The second kappa shape index (κ2) is 6.40. The minimum Gasteiger partial charge on any atom is -0.331 e. The van der Waals surface area contributed by atoms with Gasteiger partial charge in [-0.05, 0) is 30.9 Å². The molecule has 2 aromatic heterocycles. The van der Waals surface area contributed by atoms with Crippen molar-refractivity contribution in [1.82, 2.24) is 20.1 Å². The van der Waals surface area contributed by atoms with Gasteiger partial charge in [0.25, 0.3) is 0 Å². The van der Waals surface area contributed by atoms with Crippen molar-refractivity contribution < 1.29 is 4.79 Å². The Hall–Kier alpha value is -2.37. The van der Waals surface area contributed by atoms with Crippen LogP contribution in [0.3, 0.4) is 0 Å². The maximum atomic E-state index is 12.3. The molecule has 0 saturated heterocycles. The van der Waals surface area contributed by atoms with Crippen LogP contribution in [0, 0.1) is 5.92 Å². The Balaban J connectivity index is 1.66. The van der Waals surface area contributed by atoms with Gasteiger partial charge in [0.15, 0.2) is 0 Å². The van der Waals surface area contributed by atoms with Gasteiger partial charge < -0.3 is 5.32 Å². The van der Waals surface area contributed by atoms with Crippen LogP contribution in [0.1, 0.15) is 49.9 Å². The van der Waals surface area contributed by atoms with Crippen LogP contribution in [0.5, 0.6) is 0 Å². The minimum absolute atomic E-state index is 0.0877. The molecule has 3 rings (SSSR count). The molecular weight excluding hydrogens is 290 g/mol. The molecule has 2 heterocycles. The van der Waals surface area contributed by atoms with Crippen molar-refractivity contribution in [3.05, 3.63) is 41.9 Å². The number of aryl methyl sites for hydroxylation is 1. The lowest BCUT2D eigenvalue weighted by Crippen LogP contribution is -2.35. The van der Waals surface area contributed by atoms with E-state index in [1.165, 1.54) is 12.8 Å². The van der Waals surface area contributed by atoms with Gasteiger partial charge in [-0.2, -0.15) is 5.10 Å². The van der Waals surface area contributed by atoms with Gasteiger partial charge in [0.2, 0.25) is 0 Å². The zero-order valence-corrected chi connectivity index (χ0v) is 13.8. The van der Waals surface area contributed by atoms with Crippen LogP contribution in [-0.2, 0) is 7.05 Å². The summed E-state index contributed by atoms with van der Waals surface area (Å²) in [4.78, 5) is 16.8. The first kappa shape index (κ1) is 15.5. The number of carbonyl (C=O) groups excluding carboxylic acids is 1. The first-order chi connectivity index (χ1) is 11.0. The van der Waals surface area contributed by atoms with Crippen LogP contribution in [0.15, 0.2) is 30.6 Å². The predicted octanol–water partition coefficient (Wildman–Crippen LogP) is 3.21. The standard InChI is InChI=1S/C17H23N5O/c1-11(2)16(13-9-18-22(3)10-13)21-17(23)20-15-6-4-5-14(19-15)12-7-8-12/h4-6,9-12,16H,7-8H2,1-3H3,(H2,19,20,21,23). The number of rotatable bonds is 5. The number of aromatic nitrogens is 3. The monoisotopic (exact) mass is 313 g/mol. The lowest BCUT2D eigenvalue weighted by molar-refractivity contribution is 0.244. The van der Waals surface area contributed by atoms with Crippen LogP contribution >= 0.6 is 0 Å². The molecule has 2 aromatic rings. The quantitative estimate of drug-likeness (QED) is 0.890. The average molecular weight is 313 g/mol. The summed E-state index contributed by atoms with van der Waals surface area (Å²) in [5, 5.41) is 10.0. The smallest absolute Gasteiger partial charge is 0.320 e. The zero-order chi connectivity index (χ0) is 16.4. The third-order valence-corrected chi connectivity index (χ3v) is 4.05. The summed E-state index contributed by atoms with van der Waals surface area (Å²) in [5.41, 5.74) is 2.06. The molecule has 1 aliphatic carbocycles. The fraction of sp³-hybridized carbons (Fsp3) is 0.471. The number of nitrogens with one attached hydrogen (secondary N) is 2. The summed E-state index contributed by atoms with van der Waals surface area (Å²) in [6.45, 7) is 4.15. The summed E-state index contributed by atoms with van der Waals surface area (Å²) >= 11 is 0. The Bertz CT molecular complexity index is 690. The van der Waals surface area contributed by atoms with E-state index >= 15 is 0 Å². The lowest BCUT2D eigenvalue weighted by Gasteiger charge is -2.21. The van der Waals surface area contributed by atoms with Crippen LogP contribution in [-0.4, -0.2) is 20.8 Å². The molecule has 6 nitrogen and oxygen atoms in total. The third-order valence-electron chi connectivity index (χ3n) is 4.05. The fourth-order valence-electron chi connectivity index (χ4n) is 2.66. The highest BCUT2D eigenvalue weighted by Crippen LogP contribution is 2.39. The van der Waals surface area contributed by atoms with Crippen molar-refractivity contribution in [2.45, 2.75) is 38.6 Å². The Morgan fingerprint density at radius 2 is 2.13 bits per heavy atom. The van der Waals surface area contributed by atoms with Crippen LogP contribution < -0.4 is 10.6 Å². The van der Waals surface area contributed by atoms with Crippen molar-refractivity contribution >= 4 is 11.8 Å². The second-order valence-electron chi connectivity index (χ2n) is 6.49. The summed E-state index contributed by atoms with van der Waals surface area (Å²) < 4.78 is 1.74. The van der Waals surface area contributed by atoms with Crippen LogP contribution in [0.25, 0.3) is 0 Å². The number of pyridine rings is 1. The Kier molecular flexibility index (Phi) is 4.32. The maximum Gasteiger partial charge on any atom is 0.320 e. The molecule has 2 amide bonds. The van der Waals surface area contributed by atoms with Gasteiger partial charge in [0, 0.05) is 30.4 Å². The molecule has 1 aliphatic rings. The Labute approximate surface area is 136 Å². The maximum absolute atomic E-state index is 12.3. The molecule has 1 saturated carbocycles. The van der Waals surface area contributed by atoms with Crippen molar-refractivity contribution in [1.29, 1.82) is 0 Å². The molecule has 0 spiro atoms. The number of anilines is 1. The molecule has 0 aliphatic heterocycles. The van der Waals surface area contributed by atoms with E-state index in [9.17, 15) is 4.79 Å². The SMILES string of the molecule is CC(C)C(NC(=O)Nc1cccc(C2CC2)n1)c1cnn(C)c1. The van der Waals surface area contributed by atoms with Gasteiger partial charge >= 0.3 is 6.03 Å². The molecule has 1 fully saturated rings. The Morgan fingerprint density at radius 3 is 2.74 bits per heavy atom. The number of urea groups is 1. The van der Waals surface area contributed by atoms with E-state index in [-0.39, 0.29) is 18.0 Å². The molecule has 0 aromatic carbocycles. The van der Waals surface area contributed by atoms with Gasteiger partial charge in [-0.3, -0.25) is 10.00 Å². The molecule has 0 bridgehead atoms. The van der Waals surface area contributed by atoms with Gasteiger partial charge in [0.05, 0.1) is 12.2 Å². The molecule has 2 N–H and O–H groups in total. The van der Waals surface area contributed by atoms with E-state index in [2.05, 4.69) is 34.6 Å². The van der Waals surface area contributed by atoms with Gasteiger partial charge in [-0.25, -0.2) is 9.78 Å². The van der Waals surface area contributed by atoms with Crippen molar-refractivity contribution in [2.75, 3.05) is 5.32 Å². The van der Waals surface area contributed by atoms with E-state index in [0.29, 0.717) is 11.7 Å². The van der Waals surface area contributed by atoms with E-state index in [4.69, 9.17) is 0 Å². The minimum atomic E-state index is -0.243. The molecule has 122 valence electrons. The Morgan fingerprint density at radius 1 is 1.35 bits per heavy atom. The molecule has 6 heteroatoms. The van der Waals surface area contributed by atoms with Crippen molar-refractivity contribution in [3.63, 3.8) is 0 Å². The normalized spacial score (nSPS) is 15.5. The summed E-state index contributed by atoms with van der Waals surface area (Å²) in [5.74, 6) is 1.43. The van der Waals surface area contributed by atoms with E-state index in [0.717, 1.165) is 11.3 Å². The van der Waals surface area contributed by atoms with Crippen LogP contribution in [0.4, 0.5) is 10.6 Å². The number of carbonyl (C=O) groups is 1. The fourth-order valence-corrected chi connectivity index (χ4v) is 2.66. The average Bonchev–Trinajstić information content (AvgIpc) is 3.27. The van der Waals surface area contributed by atoms with E-state index in [1.807, 2.05) is 31.4 Å².